The zero-order valence-corrected chi connectivity index (χ0v) is 18.4. The smallest absolute Gasteiger partial charge is 0.410 e. The van der Waals surface area contributed by atoms with Gasteiger partial charge in [-0.1, -0.05) is 0 Å². The summed E-state index contributed by atoms with van der Waals surface area (Å²) in [6.45, 7) is 13.3. The number of guanidine groups is 1. The summed E-state index contributed by atoms with van der Waals surface area (Å²) in [4.78, 5) is 20.6. The average Bonchev–Trinajstić information content (AvgIpc) is 2.94. The molecule has 1 amide bonds. The van der Waals surface area contributed by atoms with Crippen molar-refractivity contribution in [1.29, 1.82) is 0 Å². The van der Waals surface area contributed by atoms with Crippen molar-refractivity contribution < 1.29 is 9.53 Å². The number of rotatable bonds is 5. The predicted molar refractivity (Wildman–Crippen MR) is 110 cm³/mol. The molecule has 0 aromatic carbocycles. The summed E-state index contributed by atoms with van der Waals surface area (Å²) in [6.07, 6.45) is 3.10. The molecule has 1 N–H and O–H groups in total. The lowest BCUT2D eigenvalue weighted by atomic mass is 10.2. The molecule has 6 nitrogen and oxygen atoms in total. The number of likely N-dealkylation sites (tertiary alicyclic amines) is 1. The Bertz CT molecular complexity index is 402. The number of aliphatic imine (C=N–C) groups is 1. The summed E-state index contributed by atoms with van der Waals surface area (Å²) < 4.78 is 5.48. The highest BCUT2D eigenvalue weighted by molar-refractivity contribution is 14.0. The second-order valence-corrected chi connectivity index (χ2v) is 7.29. The Morgan fingerprint density at radius 1 is 1.29 bits per heavy atom. The first-order valence-corrected chi connectivity index (χ1v) is 8.70. The maximum absolute atomic E-state index is 12.2. The van der Waals surface area contributed by atoms with E-state index in [1.54, 1.807) is 4.90 Å². The summed E-state index contributed by atoms with van der Waals surface area (Å²) in [5.74, 6) is 0.968. The number of hydrogen-bond acceptors (Lipinski definition) is 3. The van der Waals surface area contributed by atoms with Crippen LogP contribution in [0.4, 0.5) is 4.79 Å². The summed E-state index contributed by atoms with van der Waals surface area (Å²) in [7, 11) is 1.82. The monoisotopic (exact) mass is 454 g/mol. The summed E-state index contributed by atoms with van der Waals surface area (Å²) in [6, 6.07) is 0.128. The highest BCUT2D eigenvalue weighted by Gasteiger charge is 2.23. The number of nitrogens with zero attached hydrogens (tertiary/aromatic N) is 3. The third-order valence-corrected chi connectivity index (χ3v) is 3.73. The molecule has 1 fully saturated rings. The lowest BCUT2D eigenvalue weighted by Crippen LogP contribution is -2.43. The second kappa shape index (κ2) is 11.0. The van der Waals surface area contributed by atoms with E-state index in [-0.39, 0.29) is 36.1 Å². The minimum Gasteiger partial charge on any atom is -0.444 e. The molecular weight excluding hydrogens is 419 g/mol. The first kappa shape index (κ1) is 23.3. The third kappa shape index (κ3) is 8.39. The molecule has 0 unspecified atom stereocenters. The van der Waals surface area contributed by atoms with Gasteiger partial charge in [0.25, 0.3) is 0 Å². The predicted octanol–water partition coefficient (Wildman–Crippen LogP) is 3.31. The van der Waals surface area contributed by atoms with Crippen LogP contribution in [0.2, 0.25) is 0 Å². The number of amides is 1. The van der Waals surface area contributed by atoms with Gasteiger partial charge in [-0.25, -0.2) is 4.79 Å². The van der Waals surface area contributed by atoms with E-state index in [4.69, 9.17) is 4.74 Å². The molecule has 0 atom stereocenters. The van der Waals surface area contributed by atoms with Gasteiger partial charge in [-0.15, -0.1) is 24.0 Å². The number of halogens is 1. The zero-order valence-electron chi connectivity index (χ0n) is 16.1. The maximum atomic E-state index is 12.2. The lowest BCUT2D eigenvalue weighted by molar-refractivity contribution is 0.0190. The molecule has 0 bridgehead atoms. The van der Waals surface area contributed by atoms with Crippen LogP contribution < -0.4 is 5.32 Å². The Morgan fingerprint density at radius 2 is 1.88 bits per heavy atom. The van der Waals surface area contributed by atoms with Crippen LogP contribution >= 0.6 is 24.0 Å². The molecule has 0 radical (unpaired) electrons. The maximum Gasteiger partial charge on any atom is 0.410 e. The van der Waals surface area contributed by atoms with E-state index >= 15 is 0 Å². The van der Waals surface area contributed by atoms with E-state index in [9.17, 15) is 4.79 Å². The zero-order chi connectivity index (χ0) is 17.5. The highest BCUT2D eigenvalue weighted by atomic mass is 127. The first-order chi connectivity index (χ1) is 10.7. The number of carbonyl (C=O) groups is 1. The van der Waals surface area contributed by atoms with Crippen molar-refractivity contribution in [3.05, 3.63) is 0 Å². The average molecular weight is 454 g/mol. The normalized spacial score (nSPS) is 15.3. The topological polar surface area (TPSA) is 57.2 Å². The van der Waals surface area contributed by atoms with Crippen molar-refractivity contribution in [3.8, 4) is 0 Å². The molecule has 1 aliphatic heterocycles. The Balaban J connectivity index is 0.00000529. The van der Waals surface area contributed by atoms with E-state index in [1.807, 2.05) is 41.7 Å². The number of hydrogen-bond donors (Lipinski definition) is 1. The van der Waals surface area contributed by atoms with E-state index < -0.39 is 5.60 Å². The van der Waals surface area contributed by atoms with Gasteiger partial charge in [0.05, 0.1) is 0 Å². The van der Waals surface area contributed by atoms with Gasteiger partial charge < -0.3 is 19.9 Å². The lowest BCUT2D eigenvalue weighted by Gasteiger charge is -2.30. The molecule has 0 aromatic heterocycles. The highest BCUT2D eigenvalue weighted by Crippen LogP contribution is 2.12. The molecule has 1 aliphatic rings. The summed E-state index contributed by atoms with van der Waals surface area (Å²) >= 11 is 0. The molecule has 1 heterocycles. The number of nitrogens with one attached hydrogen (secondary N) is 1. The van der Waals surface area contributed by atoms with Gasteiger partial charge in [0.1, 0.15) is 5.60 Å². The van der Waals surface area contributed by atoms with E-state index in [1.165, 1.54) is 12.8 Å². The van der Waals surface area contributed by atoms with Gasteiger partial charge in [-0.05, 0) is 53.9 Å². The Labute approximate surface area is 164 Å². The quantitative estimate of drug-likeness (QED) is 0.300. The minimum atomic E-state index is -0.458. The standard InChI is InChI=1S/C17H34N4O2.HI/c1-14(2)21(16(22)23-17(3,4)5)13-9-10-19-15(18-6)20-11-7-8-12-20;/h14H,7-13H2,1-6H3,(H,18,19);1H. The van der Waals surface area contributed by atoms with Crippen LogP contribution in [0.15, 0.2) is 4.99 Å². The molecule has 0 aromatic rings. The fourth-order valence-electron chi connectivity index (χ4n) is 2.59. The number of ether oxygens (including phenoxy) is 1. The molecular formula is C17H35IN4O2. The fraction of sp³-hybridized carbons (Fsp3) is 0.882. The van der Waals surface area contributed by atoms with Crippen molar-refractivity contribution >= 4 is 36.0 Å². The van der Waals surface area contributed by atoms with Crippen LogP contribution in [0.3, 0.4) is 0 Å². The van der Waals surface area contributed by atoms with Gasteiger partial charge in [0.2, 0.25) is 0 Å². The van der Waals surface area contributed by atoms with Crippen molar-refractivity contribution in [2.75, 3.05) is 33.2 Å². The van der Waals surface area contributed by atoms with E-state index in [0.717, 1.165) is 32.0 Å². The summed E-state index contributed by atoms with van der Waals surface area (Å²) in [5, 5.41) is 3.39. The Hall–Kier alpha value is -0.730. The fourth-order valence-corrected chi connectivity index (χ4v) is 2.59. The molecule has 1 rings (SSSR count). The van der Waals surface area contributed by atoms with Crippen LogP contribution in [0.1, 0.15) is 53.9 Å². The minimum absolute atomic E-state index is 0. The third-order valence-electron chi connectivity index (χ3n) is 3.73. The van der Waals surface area contributed by atoms with Crippen molar-refractivity contribution in [1.82, 2.24) is 15.1 Å². The van der Waals surface area contributed by atoms with E-state index in [2.05, 4.69) is 15.2 Å². The SMILES string of the molecule is CN=C(NCCCN(C(=O)OC(C)(C)C)C(C)C)N1CCCC1.I. The van der Waals surface area contributed by atoms with Crippen LogP contribution in [0, 0.1) is 0 Å². The van der Waals surface area contributed by atoms with Crippen LogP contribution in [-0.4, -0.2) is 66.7 Å². The Morgan fingerprint density at radius 3 is 2.33 bits per heavy atom. The molecule has 142 valence electrons. The van der Waals surface area contributed by atoms with Crippen LogP contribution in [-0.2, 0) is 4.74 Å². The van der Waals surface area contributed by atoms with Crippen molar-refractivity contribution in [2.24, 2.45) is 4.99 Å². The molecule has 1 saturated heterocycles. The van der Waals surface area contributed by atoms with Gasteiger partial charge >= 0.3 is 6.09 Å². The van der Waals surface area contributed by atoms with Crippen molar-refractivity contribution in [3.63, 3.8) is 0 Å². The molecule has 24 heavy (non-hydrogen) atoms. The van der Waals surface area contributed by atoms with Crippen molar-refractivity contribution in [2.45, 2.75) is 65.5 Å². The van der Waals surface area contributed by atoms with Gasteiger partial charge in [0.15, 0.2) is 5.96 Å². The van der Waals surface area contributed by atoms with Gasteiger partial charge in [-0.2, -0.15) is 0 Å². The molecule has 0 saturated carbocycles. The van der Waals surface area contributed by atoms with Crippen LogP contribution in [0.25, 0.3) is 0 Å². The van der Waals surface area contributed by atoms with Gasteiger partial charge in [0, 0.05) is 39.3 Å². The van der Waals surface area contributed by atoms with E-state index in [0.29, 0.717) is 6.54 Å². The second-order valence-electron chi connectivity index (χ2n) is 7.29. The number of carbonyl (C=O) groups excluding carboxylic acids is 1. The molecule has 0 spiro atoms. The van der Waals surface area contributed by atoms with Gasteiger partial charge in [-0.3, -0.25) is 4.99 Å². The van der Waals surface area contributed by atoms with Crippen LogP contribution in [0.5, 0.6) is 0 Å². The molecule has 0 aliphatic carbocycles. The molecule has 7 heteroatoms. The Kier molecular flexibility index (Phi) is 10.7. The summed E-state index contributed by atoms with van der Waals surface area (Å²) in [5.41, 5.74) is -0.458. The largest absolute Gasteiger partial charge is 0.444 e. The first-order valence-electron chi connectivity index (χ1n) is 8.70.